The summed E-state index contributed by atoms with van der Waals surface area (Å²) in [5.41, 5.74) is 2.82. The molecule has 0 fully saturated rings. The summed E-state index contributed by atoms with van der Waals surface area (Å²) in [5.74, 6) is 0.834. The molecule has 1 atom stereocenters. The van der Waals surface area contributed by atoms with Crippen molar-refractivity contribution >= 4 is 17.5 Å². The number of amides is 2. The van der Waals surface area contributed by atoms with Gasteiger partial charge in [0.25, 0.3) is 0 Å². The van der Waals surface area contributed by atoms with Gasteiger partial charge in [0.15, 0.2) is 0 Å². The standard InChI is InChI=1S/C21H26N2O3/c1-14(2)16-5-9-18(10-6-16)23-21(25)13-20(22-15(3)24)17-7-11-19(26-4)12-8-17/h5-12,14,20H,13H2,1-4H3,(H,22,24)(H,23,25). The third-order valence-corrected chi connectivity index (χ3v) is 4.15. The summed E-state index contributed by atoms with van der Waals surface area (Å²) in [5, 5.41) is 5.72. The van der Waals surface area contributed by atoms with Crippen LogP contribution in [0.5, 0.6) is 5.75 Å². The second kappa shape index (κ2) is 9.04. The summed E-state index contributed by atoms with van der Waals surface area (Å²) in [4.78, 5) is 24.0. The quantitative estimate of drug-likeness (QED) is 0.789. The van der Waals surface area contributed by atoms with Crippen LogP contribution in [0, 0.1) is 0 Å². The molecule has 0 spiro atoms. The fourth-order valence-electron chi connectivity index (χ4n) is 2.68. The molecule has 0 aromatic heterocycles. The van der Waals surface area contributed by atoms with E-state index in [-0.39, 0.29) is 18.2 Å². The van der Waals surface area contributed by atoms with Gasteiger partial charge in [-0.1, -0.05) is 38.1 Å². The fraction of sp³-hybridized carbons (Fsp3) is 0.333. The lowest BCUT2D eigenvalue weighted by Crippen LogP contribution is -2.29. The van der Waals surface area contributed by atoms with Gasteiger partial charge in [-0.3, -0.25) is 9.59 Å². The smallest absolute Gasteiger partial charge is 0.226 e. The summed E-state index contributed by atoms with van der Waals surface area (Å²) in [6, 6.07) is 14.7. The van der Waals surface area contributed by atoms with Crippen LogP contribution < -0.4 is 15.4 Å². The summed E-state index contributed by atoms with van der Waals surface area (Å²) in [7, 11) is 1.60. The molecule has 26 heavy (non-hydrogen) atoms. The number of benzene rings is 2. The summed E-state index contributed by atoms with van der Waals surface area (Å²) >= 11 is 0. The molecule has 0 heterocycles. The lowest BCUT2D eigenvalue weighted by Gasteiger charge is -2.18. The molecule has 5 nitrogen and oxygen atoms in total. The Kier molecular flexibility index (Phi) is 6.78. The van der Waals surface area contributed by atoms with Gasteiger partial charge >= 0.3 is 0 Å². The molecule has 2 aromatic rings. The van der Waals surface area contributed by atoms with Gasteiger partial charge in [0, 0.05) is 12.6 Å². The van der Waals surface area contributed by atoms with Gasteiger partial charge in [0.2, 0.25) is 11.8 Å². The topological polar surface area (TPSA) is 67.4 Å². The molecule has 0 saturated heterocycles. The Labute approximate surface area is 154 Å². The SMILES string of the molecule is COc1ccc(C(CC(=O)Nc2ccc(C(C)C)cc2)NC(C)=O)cc1. The minimum atomic E-state index is -0.395. The Morgan fingerprint density at radius 2 is 1.54 bits per heavy atom. The highest BCUT2D eigenvalue weighted by molar-refractivity contribution is 5.91. The van der Waals surface area contributed by atoms with Crippen molar-refractivity contribution in [2.75, 3.05) is 12.4 Å². The maximum absolute atomic E-state index is 12.4. The number of rotatable bonds is 7. The molecule has 2 amide bonds. The van der Waals surface area contributed by atoms with Gasteiger partial charge < -0.3 is 15.4 Å². The van der Waals surface area contributed by atoms with Crippen molar-refractivity contribution in [1.29, 1.82) is 0 Å². The molecule has 0 bridgehead atoms. The number of anilines is 1. The van der Waals surface area contributed by atoms with Gasteiger partial charge in [-0.25, -0.2) is 0 Å². The number of methoxy groups -OCH3 is 1. The normalized spacial score (nSPS) is 11.7. The lowest BCUT2D eigenvalue weighted by molar-refractivity contribution is -0.120. The summed E-state index contributed by atoms with van der Waals surface area (Å²) in [6.07, 6.45) is 0.151. The Morgan fingerprint density at radius 3 is 2.04 bits per heavy atom. The second-order valence-electron chi connectivity index (χ2n) is 6.56. The number of carbonyl (C=O) groups excluding carboxylic acids is 2. The Balaban J connectivity index is 2.06. The van der Waals surface area contributed by atoms with Crippen molar-refractivity contribution in [1.82, 2.24) is 5.32 Å². The van der Waals surface area contributed by atoms with E-state index < -0.39 is 6.04 Å². The Morgan fingerprint density at radius 1 is 0.962 bits per heavy atom. The van der Waals surface area contributed by atoms with E-state index in [1.54, 1.807) is 7.11 Å². The highest BCUT2D eigenvalue weighted by atomic mass is 16.5. The van der Waals surface area contributed by atoms with Crippen LogP contribution >= 0.6 is 0 Å². The molecular weight excluding hydrogens is 328 g/mol. The molecule has 0 radical (unpaired) electrons. The van der Waals surface area contributed by atoms with Crippen LogP contribution in [0.1, 0.15) is 50.3 Å². The average molecular weight is 354 g/mol. The van der Waals surface area contributed by atoms with E-state index in [0.29, 0.717) is 5.92 Å². The van der Waals surface area contributed by atoms with Gasteiger partial charge in [-0.2, -0.15) is 0 Å². The van der Waals surface area contributed by atoms with Crippen molar-refractivity contribution in [3.63, 3.8) is 0 Å². The predicted octanol–water partition coefficient (Wildman–Crippen LogP) is 4.02. The third-order valence-electron chi connectivity index (χ3n) is 4.15. The van der Waals surface area contributed by atoms with Gasteiger partial charge in [0.05, 0.1) is 19.6 Å². The minimum absolute atomic E-state index is 0.151. The largest absolute Gasteiger partial charge is 0.497 e. The van der Waals surface area contributed by atoms with E-state index in [2.05, 4.69) is 24.5 Å². The van der Waals surface area contributed by atoms with Crippen LogP contribution in [0.15, 0.2) is 48.5 Å². The van der Waals surface area contributed by atoms with E-state index in [9.17, 15) is 9.59 Å². The van der Waals surface area contributed by atoms with E-state index in [4.69, 9.17) is 4.74 Å². The van der Waals surface area contributed by atoms with Crippen molar-refractivity contribution in [2.45, 2.75) is 39.2 Å². The summed E-state index contributed by atoms with van der Waals surface area (Å²) < 4.78 is 5.15. The first-order valence-electron chi connectivity index (χ1n) is 8.70. The highest BCUT2D eigenvalue weighted by Gasteiger charge is 2.17. The molecule has 0 aliphatic rings. The van der Waals surface area contributed by atoms with Crippen LogP contribution in [0.25, 0.3) is 0 Å². The average Bonchev–Trinajstić information content (AvgIpc) is 2.61. The highest BCUT2D eigenvalue weighted by Crippen LogP contribution is 2.22. The molecule has 2 N–H and O–H groups in total. The van der Waals surface area contributed by atoms with Crippen LogP contribution in [-0.2, 0) is 9.59 Å². The van der Waals surface area contributed by atoms with Crippen molar-refractivity contribution in [2.24, 2.45) is 0 Å². The lowest BCUT2D eigenvalue weighted by atomic mass is 10.0. The van der Waals surface area contributed by atoms with Crippen LogP contribution in [0.3, 0.4) is 0 Å². The Hall–Kier alpha value is -2.82. The zero-order chi connectivity index (χ0) is 19.1. The maximum atomic E-state index is 12.4. The molecule has 0 aliphatic carbocycles. The minimum Gasteiger partial charge on any atom is -0.497 e. The first-order valence-corrected chi connectivity index (χ1v) is 8.70. The Bertz CT molecular complexity index is 737. The van der Waals surface area contributed by atoms with Crippen molar-refractivity contribution in [3.05, 3.63) is 59.7 Å². The molecule has 1 unspecified atom stereocenters. The van der Waals surface area contributed by atoms with E-state index >= 15 is 0 Å². The zero-order valence-corrected chi connectivity index (χ0v) is 15.7. The van der Waals surface area contributed by atoms with E-state index in [0.717, 1.165) is 17.0 Å². The number of nitrogens with one attached hydrogen (secondary N) is 2. The number of hydrogen-bond donors (Lipinski definition) is 2. The number of carbonyl (C=O) groups is 2. The van der Waals surface area contributed by atoms with Crippen LogP contribution in [0.4, 0.5) is 5.69 Å². The monoisotopic (exact) mass is 354 g/mol. The van der Waals surface area contributed by atoms with Crippen molar-refractivity contribution < 1.29 is 14.3 Å². The summed E-state index contributed by atoms with van der Waals surface area (Å²) in [6.45, 7) is 5.69. The second-order valence-corrected chi connectivity index (χ2v) is 6.56. The fourth-order valence-corrected chi connectivity index (χ4v) is 2.68. The van der Waals surface area contributed by atoms with Gasteiger partial charge in [0.1, 0.15) is 5.75 Å². The molecule has 0 saturated carbocycles. The van der Waals surface area contributed by atoms with Crippen LogP contribution in [0.2, 0.25) is 0 Å². The van der Waals surface area contributed by atoms with Gasteiger partial charge in [-0.15, -0.1) is 0 Å². The molecular formula is C21H26N2O3. The van der Waals surface area contributed by atoms with E-state index in [1.165, 1.54) is 12.5 Å². The molecule has 2 rings (SSSR count). The zero-order valence-electron chi connectivity index (χ0n) is 15.7. The number of ether oxygens (including phenoxy) is 1. The molecule has 5 heteroatoms. The van der Waals surface area contributed by atoms with Crippen LogP contribution in [-0.4, -0.2) is 18.9 Å². The van der Waals surface area contributed by atoms with Crippen molar-refractivity contribution in [3.8, 4) is 5.75 Å². The first kappa shape index (κ1) is 19.5. The maximum Gasteiger partial charge on any atom is 0.226 e. The predicted molar refractivity (Wildman–Crippen MR) is 103 cm³/mol. The van der Waals surface area contributed by atoms with Gasteiger partial charge in [-0.05, 0) is 41.3 Å². The molecule has 2 aromatic carbocycles. The number of hydrogen-bond acceptors (Lipinski definition) is 3. The third kappa shape index (κ3) is 5.62. The molecule has 138 valence electrons. The van der Waals surface area contributed by atoms with E-state index in [1.807, 2.05) is 48.5 Å². The molecule has 0 aliphatic heterocycles. The first-order chi connectivity index (χ1) is 12.4.